The predicted molar refractivity (Wildman–Crippen MR) is 42.3 cm³/mol. The first kappa shape index (κ1) is 7.87. The van der Waals surface area contributed by atoms with E-state index in [0.717, 1.165) is 0 Å². The molecule has 0 amide bonds. The number of nitrogens with one attached hydrogen (secondary N) is 2. The summed E-state index contributed by atoms with van der Waals surface area (Å²) in [5, 5.41) is 0. The van der Waals surface area contributed by atoms with Crippen LogP contribution in [0.3, 0.4) is 0 Å². The fourth-order valence-electron chi connectivity index (χ4n) is 0.671. The topological polar surface area (TPSA) is 65.7 Å². The molecule has 4 nitrogen and oxygen atoms in total. The lowest BCUT2D eigenvalue weighted by Gasteiger charge is -1.91. The van der Waals surface area contributed by atoms with E-state index in [4.69, 9.17) is 0 Å². The quantitative estimate of drug-likeness (QED) is 0.480. The molecule has 0 saturated heterocycles. The van der Waals surface area contributed by atoms with E-state index in [1.54, 1.807) is 0 Å². The summed E-state index contributed by atoms with van der Waals surface area (Å²) in [6.45, 7) is 1.32. The van der Waals surface area contributed by atoms with Gasteiger partial charge >= 0.3 is 0 Å². The molecule has 0 spiro atoms. The summed E-state index contributed by atoms with van der Waals surface area (Å²) in [6, 6.07) is 0. The van der Waals surface area contributed by atoms with Crippen molar-refractivity contribution in [1.82, 2.24) is 9.97 Å². The Bertz CT molecular complexity index is 390. The Hall–Kier alpha value is -1.23. The molecule has 0 aliphatic carbocycles. The average Bonchev–Trinajstić information content (AvgIpc) is 1.85. The third-order valence-electron chi connectivity index (χ3n) is 1.20. The Balaban J connectivity index is 3.43. The van der Waals surface area contributed by atoms with Crippen LogP contribution in [0.25, 0.3) is 0 Å². The number of hydrogen-bond acceptors (Lipinski definition) is 3. The summed E-state index contributed by atoms with van der Waals surface area (Å²) in [5.74, 6) is -0.280. The maximum Gasteiger partial charge on any atom is 0.262 e. The second-order valence-corrected chi connectivity index (χ2v) is 2.45. The molecule has 0 unspecified atom stereocenters. The van der Waals surface area contributed by atoms with E-state index < -0.39 is 5.56 Å². The van der Waals surface area contributed by atoms with Gasteiger partial charge in [0.15, 0.2) is 10.6 Å². The largest absolute Gasteiger partial charge is 0.338 e. The first-order valence-electron chi connectivity index (χ1n) is 2.94. The second-order valence-electron chi connectivity index (χ2n) is 2.04. The Morgan fingerprint density at radius 3 is 2.73 bits per heavy atom. The molecule has 2 N–H and O–H groups in total. The smallest absolute Gasteiger partial charge is 0.262 e. The van der Waals surface area contributed by atoms with E-state index in [9.17, 15) is 9.59 Å². The van der Waals surface area contributed by atoms with E-state index in [1.165, 1.54) is 13.1 Å². The Morgan fingerprint density at radius 1 is 1.64 bits per heavy atom. The van der Waals surface area contributed by atoms with Crippen LogP contribution in [0.15, 0.2) is 11.0 Å². The van der Waals surface area contributed by atoms with Gasteiger partial charge in [0, 0.05) is 6.20 Å². The number of carbonyl (C=O) groups excluding carboxylic acids is 1. The molecule has 1 rings (SSSR count). The third kappa shape index (κ3) is 1.62. The highest BCUT2D eigenvalue weighted by Gasteiger charge is 2.02. The van der Waals surface area contributed by atoms with Gasteiger partial charge < -0.3 is 4.98 Å². The summed E-state index contributed by atoms with van der Waals surface area (Å²) < 4.78 is 0.222. The average molecular weight is 170 g/mol. The van der Waals surface area contributed by atoms with Gasteiger partial charge in [0.1, 0.15) is 0 Å². The molecule has 1 aromatic rings. The number of rotatable bonds is 1. The van der Waals surface area contributed by atoms with Crippen molar-refractivity contribution in [2.24, 2.45) is 0 Å². The normalized spacial score (nSPS) is 9.55. The van der Waals surface area contributed by atoms with Crippen LogP contribution in [0.2, 0.25) is 0 Å². The number of carbonyl (C=O) groups is 1. The number of hydrogen-bond donors (Lipinski definition) is 2. The van der Waals surface area contributed by atoms with Gasteiger partial charge in [-0.15, -0.1) is 0 Å². The Morgan fingerprint density at radius 2 is 2.27 bits per heavy atom. The first-order valence-corrected chi connectivity index (χ1v) is 3.35. The van der Waals surface area contributed by atoms with Crippen LogP contribution in [-0.4, -0.2) is 15.8 Å². The zero-order chi connectivity index (χ0) is 8.43. The standard InChI is InChI=1S/C6H6N2O2S/c1-3(9)4-2-7-6(11)8-5(4)10/h2H,1H3,(H2,7,8,10,11). The molecular formula is C6H6N2O2S. The first-order chi connectivity index (χ1) is 5.11. The summed E-state index contributed by atoms with van der Waals surface area (Å²) in [6.07, 6.45) is 1.31. The van der Waals surface area contributed by atoms with E-state index in [2.05, 4.69) is 22.2 Å². The molecule has 58 valence electrons. The predicted octanol–water partition coefficient (Wildman–Crippen LogP) is 0.635. The summed E-state index contributed by atoms with van der Waals surface area (Å²) >= 11 is 4.62. The lowest BCUT2D eigenvalue weighted by Crippen LogP contribution is -2.16. The molecule has 11 heavy (non-hydrogen) atoms. The van der Waals surface area contributed by atoms with Gasteiger partial charge in [-0.2, -0.15) is 0 Å². The molecule has 0 bridgehead atoms. The SMILES string of the molecule is CC(=O)c1c[nH]c(=S)[nH]c1=O. The number of H-pyrrole nitrogens is 2. The summed E-state index contributed by atoms with van der Waals surface area (Å²) in [7, 11) is 0. The Labute approximate surface area is 67.3 Å². The van der Waals surface area contributed by atoms with Crippen LogP contribution in [0, 0.1) is 4.77 Å². The molecule has 1 heterocycles. The van der Waals surface area contributed by atoms with Crippen LogP contribution in [0.5, 0.6) is 0 Å². The van der Waals surface area contributed by atoms with Crippen molar-refractivity contribution >= 4 is 18.0 Å². The van der Waals surface area contributed by atoms with E-state index in [-0.39, 0.29) is 16.1 Å². The Kier molecular flexibility index (Phi) is 2.00. The minimum atomic E-state index is -0.443. The van der Waals surface area contributed by atoms with Gasteiger partial charge in [-0.25, -0.2) is 0 Å². The minimum absolute atomic E-state index is 0.0959. The van der Waals surface area contributed by atoms with Crippen LogP contribution in [0.1, 0.15) is 17.3 Å². The van der Waals surface area contributed by atoms with Gasteiger partial charge in [0.05, 0.1) is 5.56 Å². The minimum Gasteiger partial charge on any atom is -0.338 e. The maximum absolute atomic E-state index is 10.9. The van der Waals surface area contributed by atoms with Crippen molar-refractivity contribution in [3.63, 3.8) is 0 Å². The van der Waals surface area contributed by atoms with Gasteiger partial charge in [-0.05, 0) is 19.1 Å². The van der Waals surface area contributed by atoms with E-state index in [0.29, 0.717) is 0 Å². The van der Waals surface area contributed by atoms with Crippen molar-refractivity contribution < 1.29 is 4.79 Å². The maximum atomic E-state index is 10.9. The van der Waals surface area contributed by atoms with E-state index >= 15 is 0 Å². The highest BCUT2D eigenvalue weighted by atomic mass is 32.1. The molecule has 1 aromatic heterocycles. The number of aromatic amines is 2. The number of aromatic nitrogens is 2. The van der Waals surface area contributed by atoms with Crippen molar-refractivity contribution in [3.05, 3.63) is 26.9 Å². The van der Waals surface area contributed by atoms with Crippen LogP contribution in [0.4, 0.5) is 0 Å². The lowest BCUT2D eigenvalue weighted by molar-refractivity contribution is 0.101. The molecule has 0 aromatic carbocycles. The molecule has 0 aliphatic rings. The van der Waals surface area contributed by atoms with Gasteiger partial charge in [-0.3, -0.25) is 14.6 Å². The van der Waals surface area contributed by atoms with Crippen molar-refractivity contribution in [2.45, 2.75) is 6.92 Å². The molecule has 0 atom stereocenters. The van der Waals surface area contributed by atoms with Crippen molar-refractivity contribution in [3.8, 4) is 0 Å². The van der Waals surface area contributed by atoms with Crippen molar-refractivity contribution in [1.29, 1.82) is 0 Å². The monoisotopic (exact) mass is 170 g/mol. The molecule has 0 saturated carbocycles. The number of ketones is 1. The fourth-order valence-corrected chi connectivity index (χ4v) is 0.823. The van der Waals surface area contributed by atoms with E-state index in [1.807, 2.05) is 0 Å². The third-order valence-corrected chi connectivity index (χ3v) is 1.42. The van der Waals surface area contributed by atoms with Gasteiger partial charge in [-0.1, -0.05) is 0 Å². The van der Waals surface area contributed by atoms with Crippen LogP contribution >= 0.6 is 12.2 Å². The highest BCUT2D eigenvalue weighted by Crippen LogP contribution is 1.87. The van der Waals surface area contributed by atoms with Gasteiger partial charge in [0.25, 0.3) is 5.56 Å². The lowest BCUT2D eigenvalue weighted by atomic mass is 10.2. The molecule has 0 radical (unpaired) electrons. The number of Topliss-reactive ketones (excluding diaryl/α,β-unsaturated/α-hetero) is 1. The molecule has 5 heteroatoms. The van der Waals surface area contributed by atoms with Gasteiger partial charge in [0.2, 0.25) is 0 Å². The summed E-state index contributed by atoms with van der Waals surface area (Å²) in [5.41, 5.74) is -0.347. The van der Waals surface area contributed by atoms with Crippen LogP contribution < -0.4 is 5.56 Å². The fraction of sp³-hybridized carbons (Fsp3) is 0.167. The molecule has 0 aliphatic heterocycles. The second kappa shape index (κ2) is 2.79. The van der Waals surface area contributed by atoms with Crippen molar-refractivity contribution in [2.75, 3.05) is 0 Å². The zero-order valence-electron chi connectivity index (χ0n) is 5.80. The molecule has 0 fully saturated rings. The summed E-state index contributed by atoms with van der Waals surface area (Å²) in [4.78, 5) is 26.5. The van der Waals surface area contributed by atoms with Crippen LogP contribution in [-0.2, 0) is 0 Å². The highest BCUT2D eigenvalue weighted by molar-refractivity contribution is 7.71. The molecular weight excluding hydrogens is 164 g/mol. The zero-order valence-corrected chi connectivity index (χ0v) is 6.62.